The van der Waals surface area contributed by atoms with Crippen molar-refractivity contribution in [3.63, 3.8) is 0 Å². The highest BCUT2D eigenvalue weighted by molar-refractivity contribution is 5.78. The molecule has 0 aliphatic carbocycles. The van der Waals surface area contributed by atoms with Crippen molar-refractivity contribution in [3.8, 4) is 5.75 Å². The Morgan fingerprint density at radius 1 is 1.30 bits per heavy atom. The summed E-state index contributed by atoms with van der Waals surface area (Å²) in [6.45, 7) is 5.93. The molecule has 2 rings (SSSR count). The van der Waals surface area contributed by atoms with Gasteiger partial charge in [0.25, 0.3) is 5.91 Å². The van der Waals surface area contributed by atoms with E-state index in [1.54, 1.807) is 0 Å². The predicted molar refractivity (Wildman–Crippen MR) is 89.1 cm³/mol. The van der Waals surface area contributed by atoms with Crippen LogP contribution in [0.2, 0.25) is 0 Å². The highest BCUT2D eigenvalue weighted by Gasteiger charge is 2.24. The Balaban J connectivity index is 1.76. The maximum absolute atomic E-state index is 12.3. The van der Waals surface area contributed by atoms with Crippen LogP contribution in [0.4, 0.5) is 0 Å². The van der Waals surface area contributed by atoms with Crippen LogP contribution in [0.5, 0.6) is 5.75 Å². The van der Waals surface area contributed by atoms with Gasteiger partial charge in [0.05, 0.1) is 0 Å². The third kappa shape index (κ3) is 5.58. The topological polar surface area (TPSA) is 58.6 Å². The fourth-order valence-corrected chi connectivity index (χ4v) is 2.66. The summed E-state index contributed by atoms with van der Waals surface area (Å²) in [6.07, 6.45) is 2.01. The molecule has 1 aromatic rings. The number of carbonyl (C=O) groups excluding carboxylic acids is 2. The lowest BCUT2D eigenvalue weighted by Crippen LogP contribution is -2.45. The first kappa shape index (κ1) is 17.3. The molecule has 1 heterocycles. The third-order valence-electron chi connectivity index (χ3n) is 4.07. The largest absolute Gasteiger partial charge is 0.484 e. The molecule has 5 heteroatoms. The molecule has 0 aromatic heterocycles. The molecule has 2 amide bonds. The number of carbonyl (C=O) groups is 2. The zero-order chi connectivity index (χ0) is 16.7. The minimum atomic E-state index is -0.00408. The molecule has 1 aliphatic heterocycles. The van der Waals surface area contributed by atoms with Crippen molar-refractivity contribution in [1.82, 2.24) is 10.2 Å². The van der Waals surface area contributed by atoms with Crippen LogP contribution < -0.4 is 10.1 Å². The SMILES string of the molecule is CC(C)C(=O)NC[C@H]1CCCN(C(=O)COc2ccccc2)C1. The monoisotopic (exact) mass is 318 g/mol. The van der Waals surface area contributed by atoms with E-state index in [4.69, 9.17) is 4.74 Å². The van der Waals surface area contributed by atoms with Gasteiger partial charge in [0.15, 0.2) is 6.61 Å². The highest BCUT2D eigenvalue weighted by atomic mass is 16.5. The van der Waals surface area contributed by atoms with Gasteiger partial charge in [-0.25, -0.2) is 0 Å². The summed E-state index contributed by atoms with van der Waals surface area (Å²) in [5.74, 6) is 1.11. The fraction of sp³-hybridized carbons (Fsp3) is 0.556. The van der Waals surface area contributed by atoms with E-state index in [1.807, 2.05) is 49.1 Å². The molecule has 1 aliphatic rings. The average Bonchev–Trinajstić information content (AvgIpc) is 2.58. The number of amides is 2. The van der Waals surface area contributed by atoms with Crippen LogP contribution in [0.1, 0.15) is 26.7 Å². The number of para-hydroxylation sites is 1. The first-order chi connectivity index (χ1) is 11.1. The van der Waals surface area contributed by atoms with Crippen molar-refractivity contribution in [3.05, 3.63) is 30.3 Å². The Labute approximate surface area is 138 Å². The van der Waals surface area contributed by atoms with Crippen LogP contribution in [-0.4, -0.2) is 43.0 Å². The van der Waals surface area contributed by atoms with Gasteiger partial charge in [0.2, 0.25) is 5.91 Å². The number of hydrogen-bond acceptors (Lipinski definition) is 3. The smallest absolute Gasteiger partial charge is 0.260 e. The summed E-state index contributed by atoms with van der Waals surface area (Å²) < 4.78 is 5.52. The van der Waals surface area contributed by atoms with Crippen LogP contribution in [0.25, 0.3) is 0 Å². The summed E-state index contributed by atoms with van der Waals surface area (Å²) >= 11 is 0. The molecular formula is C18H26N2O3. The molecule has 0 saturated carbocycles. The summed E-state index contributed by atoms with van der Waals surface area (Å²) in [5.41, 5.74) is 0. The van der Waals surface area contributed by atoms with Gasteiger partial charge in [-0.1, -0.05) is 32.0 Å². The van der Waals surface area contributed by atoms with E-state index >= 15 is 0 Å². The summed E-state index contributed by atoms with van der Waals surface area (Å²) in [4.78, 5) is 25.8. The number of likely N-dealkylation sites (tertiary alicyclic amines) is 1. The third-order valence-corrected chi connectivity index (χ3v) is 4.07. The Kier molecular flexibility index (Phi) is 6.44. The van der Waals surface area contributed by atoms with Gasteiger partial charge in [-0.15, -0.1) is 0 Å². The number of rotatable bonds is 6. The first-order valence-electron chi connectivity index (χ1n) is 8.29. The molecule has 23 heavy (non-hydrogen) atoms. The molecule has 0 unspecified atom stereocenters. The Morgan fingerprint density at radius 3 is 2.74 bits per heavy atom. The van der Waals surface area contributed by atoms with Gasteiger partial charge in [0, 0.05) is 25.6 Å². The van der Waals surface area contributed by atoms with Crippen molar-refractivity contribution >= 4 is 11.8 Å². The van der Waals surface area contributed by atoms with Gasteiger partial charge in [0.1, 0.15) is 5.75 Å². The molecule has 1 N–H and O–H groups in total. The van der Waals surface area contributed by atoms with Crippen LogP contribution in [-0.2, 0) is 9.59 Å². The maximum Gasteiger partial charge on any atom is 0.260 e. The van der Waals surface area contributed by atoms with E-state index in [0.717, 1.165) is 19.4 Å². The van der Waals surface area contributed by atoms with Crippen LogP contribution in [0, 0.1) is 11.8 Å². The van der Waals surface area contributed by atoms with Crippen LogP contribution in [0.15, 0.2) is 30.3 Å². The first-order valence-corrected chi connectivity index (χ1v) is 8.29. The molecule has 1 saturated heterocycles. The van der Waals surface area contributed by atoms with Gasteiger partial charge >= 0.3 is 0 Å². The fourth-order valence-electron chi connectivity index (χ4n) is 2.66. The molecule has 1 fully saturated rings. The Hall–Kier alpha value is -2.04. The number of piperidine rings is 1. The van der Waals surface area contributed by atoms with E-state index in [0.29, 0.717) is 24.8 Å². The second-order valence-electron chi connectivity index (χ2n) is 6.35. The molecule has 0 bridgehead atoms. The standard InChI is InChI=1S/C18H26N2O3/c1-14(2)18(22)19-11-15-7-6-10-20(12-15)17(21)13-23-16-8-4-3-5-9-16/h3-5,8-9,14-15H,6-7,10-13H2,1-2H3,(H,19,22)/t15-/m1/s1. The minimum absolute atomic E-state index is 0.00408. The number of benzene rings is 1. The van der Waals surface area contributed by atoms with E-state index < -0.39 is 0 Å². The molecule has 126 valence electrons. The van der Waals surface area contributed by atoms with Crippen LogP contribution in [0.3, 0.4) is 0 Å². The van der Waals surface area contributed by atoms with Gasteiger partial charge in [-0.2, -0.15) is 0 Å². The molecule has 5 nitrogen and oxygen atoms in total. The van der Waals surface area contributed by atoms with Crippen LogP contribution >= 0.6 is 0 Å². The Bertz CT molecular complexity index is 516. The Morgan fingerprint density at radius 2 is 2.04 bits per heavy atom. The van der Waals surface area contributed by atoms with Gasteiger partial charge in [-0.05, 0) is 30.9 Å². The molecule has 0 spiro atoms. The average molecular weight is 318 g/mol. The van der Waals surface area contributed by atoms with Crippen molar-refractivity contribution in [2.24, 2.45) is 11.8 Å². The van der Waals surface area contributed by atoms with E-state index in [9.17, 15) is 9.59 Å². The normalized spacial score (nSPS) is 17.9. The van der Waals surface area contributed by atoms with Crippen molar-refractivity contribution in [1.29, 1.82) is 0 Å². The quantitative estimate of drug-likeness (QED) is 0.873. The zero-order valence-corrected chi connectivity index (χ0v) is 14.0. The van der Waals surface area contributed by atoms with E-state index in [-0.39, 0.29) is 24.3 Å². The summed E-state index contributed by atoms with van der Waals surface area (Å²) in [6, 6.07) is 9.36. The van der Waals surface area contributed by atoms with Crippen molar-refractivity contribution < 1.29 is 14.3 Å². The van der Waals surface area contributed by atoms with Gasteiger partial charge in [-0.3, -0.25) is 9.59 Å². The summed E-state index contributed by atoms with van der Waals surface area (Å²) in [7, 11) is 0. The molecule has 0 radical (unpaired) electrons. The minimum Gasteiger partial charge on any atom is -0.484 e. The second kappa shape index (κ2) is 8.56. The lowest BCUT2D eigenvalue weighted by atomic mass is 9.97. The lowest BCUT2D eigenvalue weighted by Gasteiger charge is -2.33. The number of nitrogens with one attached hydrogen (secondary N) is 1. The number of ether oxygens (including phenoxy) is 1. The predicted octanol–water partition coefficient (Wildman–Crippen LogP) is 2.08. The van der Waals surface area contributed by atoms with Crippen molar-refractivity contribution in [2.45, 2.75) is 26.7 Å². The highest BCUT2D eigenvalue weighted by Crippen LogP contribution is 2.16. The van der Waals surface area contributed by atoms with E-state index in [1.165, 1.54) is 0 Å². The lowest BCUT2D eigenvalue weighted by molar-refractivity contribution is -0.135. The number of hydrogen-bond donors (Lipinski definition) is 1. The number of nitrogens with zero attached hydrogens (tertiary/aromatic N) is 1. The molecule has 1 atom stereocenters. The molecular weight excluding hydrogens is 292 g/mol. The molecule has 1 aromatic carbocycles. The van der Waals surface area contributed by atoms with Gasteiger partial charge < -0.3 is 15.0 Å². The van der Waals surface area contributed by atoms with E-state index in [2.05, 4.69) is 5.32 Å². The zero-order valence-electron chi connectivity index (χ0n) is 14.0. The summed E-state index contributed by atoms with van der Waals surface area (Å²) in [5, 5.41) is 2.96. The maximum atomic E-state index is 12.3. The second-order valence-corrected chi connectivity index (χ2v) is 6.35. The van der Waals surface area contributed by atoms with Crippen molar-refractivity contribution in [2.75, 3.05) is 26.2 Å².